The van der Waals surface area contributed by atoms with Crippen molar-refractivity contribution in [3.8, 4) is 22.9 Å². The topological polar surface area (TPSA) is 107 Å². The van der Waals surface area contributed by atoms with Crippen LogP contribution in [0.1, 0.15) is 70.4 Å². The fraction of sp³-hybridized carbons (Fsp3) is 0.486. The summed E-state index contributed by atoms with van der Waals surface area (Å²) in [5.41, 5.74) is 3.99. The number of ether oxygens (including phenoxy) is 3. The zero-order valence-electron chi connectivity index (χ0n) is 26.6. The van der Waals surface area contributed by atoms with E-state index in [9.17, 15) is 14.4 Å². The molecule has 0 radical (unpaired) electrons. The fourth-order valence-corrected chi connectivity index (χ4v) is 7.30. The number of nitrogens with one attached hydrogen (secondary N) is 1. The summed E-state index contributed by atoms with van der Waals surface area (Å²) < 4.78 is 18.5. The number of benzene rings is 1. The Morgan fingerprint density at radius 1 is 1.11 bits per heavy atom. The number of hydrogen-bond acceptors (Lipinski definition) is 7. The summed E-state index contributed by atoms with van der Waals surface area (Å²) in [5.74, 6) is 1.74. The minimum atomic E-state index is -0.628. The maximum Gasteiger partial charge on any atom is 0.254 e. The molecule has 0 spiro atoms. The van der Waals surface area contributed by atoms with Crippen LogP contribution < -0.4 is 14.8 Å². The Morgan fingerprint density at radius 2 is 1.89 bits per heavy atom. The van der Waals surface area contributed by atoms with E-state index in [2.05, 4.69) is 33.0 Å². The first-order valence-electron chi connectivity index (χ1n) is 15.4. The Bertz CT molecular complexity index is 1620. The number of rotatable bonds is 7. The monoisotopic (exact) mass is 599 g/mol. The van der Waals surface area contributed by atoms with Crippen molar-refractivity contribution in [3.05, 3.63) is 64.1 Å². The molecule has 0 saturated carbocycles. The maximum absolute atomic E-state index is 14.0. The Balaban J connectivity index is 1.48. The van der Waals surface area contributed by atoms with E-state index < -0.39 is 5.92 Å². The van der Waals surface area contributed by atoms with Gasteiger partial charge in [0, 0.05) is 49.1 Å². The van der Waals surface area contributed by atoms with E-state index in [1.54, 1.807) is 18.1 Å². The normalized spacial score (nSPS) is 24.4. The first-order chi connectivity index (χ1) is 20.9. The number of amides is 2. The smallest absolute Gasteiger partial charge is 0.254 e. The Kier molecular flexibility index (Phi) is 7.54. The van der Waals surface area contributed by atoms with Gasteiger partial charge >= 0.3 is 0 Å². The standard InChI is InChI=1S/C35H41N3O6/c1-18(2)32-33-31(34(41)38(32)6)30(29-23(39)15-35(4,5)16-25(29)44-33)28-19(3)21(12-13-24(28)42-7)22-9-8-10-27(37-22)43-17-20-11-14-26(40)36-20/h8-10,12-13,18,20,30,32H,11,14-17H2,1-7H3,(H,36,40)/t20-,30+,32-/m1/s1. The molecule has 0 unspecified atom stereocenters. The molecule has 1 fully saturated rings. The molecule has 4 aliphatic rings. The van der Waals surface area contributed by atoms with E-state index in [-0.39, 0.29) is 41.0 Å². The van der Waals surface area contributed by atoms with Crippen molar-refractivity contribution >= 4 is 17.6 Å². The van der Waals surface area contributed by atoms with Gasteiger partial charge < -0.3 is 24.4 Å². The number of Topliss-reactive ketones (excluding diaryl/α,β-unsaturated/α-hetero) is 1. The average Bonchev–Trinajstić information content (AvgIpc) is 3.49. The molecule has 1 aromatic heterocycles. The molecule has 3 atom stereocenters. The number of ketones is 1. The van der Waals surface area contributed by atoms with Crippen LogP contribution in [0.5, 0.6) is 11.6 Å². The van der Waals surface area contributed by atoms with Crippen molar-refractivity contribution in [2.75, 3.05) is 20.8 Å². The van der Waals surface area contributed by atoms with Gasteiger partial charge in [-0.25, -0.2) is 4.98 Å². The lowest BCUT2D eigenvalue weighted by molar-refractivity contribution is -0.126. The maximum atomic E-state index is 14.0. The number of nitrogens with zero attached hydrogens (tertiary/aromatic N) is 2. The highest BCUT2D eigenvalue weighted by atomic mass is 16.5. The van der Waals surface area contributed by atoms with Crippen molar-refractivity contribution in [3.63, 3.8) is 0 Å². The number of aromatic nitrogens is 1. The number of pyridine rings is 1. The van der Waals surface area contributed by atoms with Crippen molar-refractivity contribution in [2.24, 2.45) is 11.3 Å². The van der Waals surface area contributed by atoms with E-state index in [1.165, 1.54) is 0 Å². The third kappa shape index (κ3) is 5.06. The molecule has 1 aromatic carbocycles. The highest BCUT2D eigenvalue weighted by molar-refractivity contribution is 6.07. The molecular formula is C35H41N3O6. The Hall–Kier alpha value is -4.14. The molecule has 232 valence electrons. The first kappa shape index (κ1) is 29.9. The highest BCUT2D eigenvalue weighted by Gasteiger charge is 2.52. The highest BCUT2D eigenvalue weighted by Crippen LogP contribution is 2.55. The Morgan fingerprint density at radius 3 is 2.57 bits per heavy atom. The van der Waals surface area contributed by atoms with Gasteiger partial charge in [-0.2, -0.15) is 0 Å². The molecular weight excluding hydrogens is 558 g/mol. The number of carbonyl (C=O) groups excluding carboxylic acids is 3. The molecule has 1 N–H and O–H groups in total. The van der Waals surface area contributed by atoms with Gasteiger partial charge in [-0.05, 0) is 48.4 Å². The molecule has 6 rings (SSSR count). The third-order valence-corrected chi connectivity index (χ3v) is 9.32. The second-order valence-electron chi connectivity index (χ2n) is 13.5. The molecule has 1 aliphatic carbocycles. The van der Waals surface area contributed by atoms with Gasteiger partial charge in [0.2, 0.25) is 11.8 Å². The van der Waals surface area contributed by atoms with Gasteiger partial charge in [0.1, 0.15) is 23.9 Å². The van der Waals surface area contributed by atoms with Crippen LogP contribution in [0.4, 0.5) is 0 Å². The van der Waals surface area contributed by atoms with Gasteiger partial charge in [0.05, 0.1) is 36.4 Å². The van der Waals surface area contributed by atoms with Crippen LogP contribution in [0.3, 0.4) is 0 Å². The summed E-state index contributed by atoms with van der Waals surface area (Å²) in [6.45, 7) is 10.7. The van der Waals surface area contributed by atoms with E-state index in [1.807, 2.05) is 38.2 Å². The van der Waals surface area contributed by atoms with Crippen LogP contribution in [-0.2, 0) is 19.1 Å². The van der Waals surface area contributed by atoms with Crippen molar-refractivity contribution in [2.45, 2.75) is 78.3 Å². The van der Waals surface area contributed by atoms with Gasteiger partial charge in [-0.15, -0.1) is 0 Å². The number of hydrogen-bond donors (Lipinski definition) is 1. The van der Waals surface area contributed by atoms with Crippen LogP contribution in [0.25, 0.3) is 11.3 Å². The summed E-state index contributed by atoms with van der Waals surface area (Å²) in [4.78, 5) is 46.1. The molecule has 4 heterocycles. The predicted molar refractivity (Wildman–Crippen MR) is 165 cm³/mol. The van der Waals surface area contributed by atoms with Crippen LogP contribution in [-0.4, -0.2) is 60.3 Å². The number of likely N-dealkylation sites (N-methyl/N-ethyl adjacent to an activating group) is 1. The number of carbonyl (C=O) groups is 3. The largest absolute Gasteiger partial charge is 0.496 e. The van der Waals surface area contributed by atoms with Gasteiger partial charge in [-0.1, -0.05) is 33.8 Å². The van der Waals surface area contributed by atoms with Gasteiger partial charge in [0.15, 0.2) is 5.78 Å². The van der Waals surface area contributed by atoms with Gasteiger partial charge in [-0.3, -0.25) is 14.4 Å². The quantitative estimate of drug-likeness (QED) is 0.465. The van der Waals surface area contributed by atoms with Crippen LogP contribution in [0.15, 0.2) is 53.0 Å². The fourth-order valence-electron chi connectivity index (χ4n) is 7.30. The Labute approximate surface area is 258 Å². The molecule has 9 nitrogen and oxygen atoms in total. The van der Waals surface area contributed by atoms with E-state index >= 15 is 0 Å². The summed E-state index contributed by atoms with van der Waals surface area (Å²) in [5, 5.41) is 2.92. The number of methoxy groups -OCH3 is 1. The second-order valence-corrected chi connectivity index (χ2v) is 13.5. The molecule has 9 heteroatoms. The average molecular weight is 600 g/mol. The summed E-state index contributed by atoms with van der Waals surface area (Å²) >= 11 is 0. The molecule has 3 aliphatic heterocycles. The lowest BCUT2D eigenvalue weighted by atomic mass is 9.68. The molecule has 0 bridgehead atoms. The van der Waals surface area contributed by atoms with Gasteiger partial charge in [0.25, 0.3) is 5.91 Å². The van der Waals surface area contributed by atoms with Crippen LogP contribution >= 0.6 is 0 Å². The van der Waals surface area contributed by atoms with Crippen LogP contribution in [0, 0.1) is 18.3 Å². The minimum absolute atomic E-state index is 0.00404. The van der Waals surface area contributed by atoms with E-state index in [0.717, 1.165) is 23.1 Å². The summed E-state index contributed by atoms with van der Waals surface area (Å²) in [7, 11) is 3.42. The third-order valence-electron chi connectivity index (χ3n) is 9.32. The van der Waals surface area contributed by atoms with Crippen molar-refractivity contribution in [1.29, 1.82) is 0 Å². The van der Waals surface area contributed by atoms with E-state index in [4.69, 9.17) is 19.2 Å². The molecule has 2 amide bonds. The van der Waals surface area contributed by atoms with Crippen LogP contribution in [0.2, 0.25) is 0 Å². The SMILES string of the molecule is COc1ccc(-c2cccc(OC[C@H]3CCC(=O)N3)n2)c(C)c1[C@H]1C2=C(CC(C)(C)CC2=O)OC2=C1C(=O)N(C)[C@@H]2C(C)C. The van der Waals surface area contributed by atoms with Crippen molar-refractivity contribution < 1.29 is 28.6 Å². The first-order valence-corrected chi connectivity index (χ1v) is 15.4. The zero-order valence-corrected chi connectivity index (χ0v) is 26.6. The molecule has 44 heavy (non-hydrogen) atoms. The van der Waals surface area contributed by atoms with E-state index in [0.29, 0.717) is 65.9 Å². The zero-order chi connectivity index (χ0) is 31.5. The molecule has 2 aromatic rings. The number of allylic oxidation sites excluding steroid dienone is 2. The molecule has 1 saturated heterocycles. The second kappa shape index (κ2) is 11.1. The predicted octanol–water partition coefficient (Wildman–Crippen LogP) is 5.23. The lowest BCUT2D eigenvalue weighted by Crippen LogP contribution is -2.36. The van der Waals surface area contributed by atoms with Crippen molar-refractivity contribution in [1.82, 2.24) is 15.2 Å². The lowest BCUT2D eigenvalue weighted by Gasteiger charge is -2.39. The minimum Gasteiger partial charge on any atom is -0.496 e. The summed E-state index contributed by atoms with van der Waals surface area (Å²) in [6, 6.07) is 9.18. The summed E-state index contributed by atoms with van der Waals surface area (Å²) in [6.07, 6.45) is 2.22.